The van der Waals surface area contributed by atoms with Crippen molar-refractivity contribution in [3.8, 4) is 0 Å². The molecule has 1 heterocycles. The minimum Gasteiger partial charge on any atom is -0.237 e. The molecule has 0 bridgehead atoms. The molecule has 2 nitrogen and oxygen atoms in total. The molecule has 4 heteroatoms. The highest BCUT2D eigenvalue weighted by molar-refractivity contribution is 7.99. The van der Waals surface area contributed by atoms with Crippen LogP contribution in [0.4, 0.5) is 0 Å². The van der Waals surface area contributed by atoms with Crippen LogP contribution in [0.25, 0.3) is 0 Å². The summed E-state index contributed by atoms with van der Waals surface area (Å²) in [5, 5.41) is 1.43. The highest BCUT2D eigenvalue weighted by Gasteiger charge is 2.20. The van der Waals surface area contributed by atoms with Crippen molar-refractivity contribution in [3.05, 3.63) is 22.7 Å². The Kier molecular flexibility index (Phi) is 5.22. The maximum atomic E-state index is 6.19. The number of rotatable bonds is 4. The van der Waals surface area contributed by atoms with E-state index in [4.69, 9.17) is 16.6 Å². The summed E-state index contributed by atoms with van der Waals surface area (Å²) in [6, 6.07) is 1.98. The van der Waals surface area contributed by atoms with Crippen molar-refractivity contribution in [2.75, 3.05) is 0 Å². The van der Waals surface area contributed by atoms with Gasteiger partial charge < -0.3 is 0 Å². The summed E-state index contributed by atoms with van der Waals surface area (Å²) in [5.74, 6) is 2.48. The predicted octanol–water partition coefficient (Wildman–Crippen LogP) is 5.35. The molecule has 110 valence electrons. The average Bonchev–Trinajstić information content (AvgIpc) is 3.00. The maximum absolute atomic E-state index is 6.19. The van der Waals surface area contributed by atoms with E-state index in [-0.39, 0.29) is 0 Å². The second-order valence-electron chi connectivity index (χ2n) is 6.08. The van der Waals surface area contributed by atoms with Crippen LogP contribution in [-0.4, -0.2) is 15.2 Å². The number of halogens is 1. The lowest BCUT2D eigenvalue weighted by atomic mass is 10.0. The van der Waals surface area contributed by atoms with E-state index in [1.54, 1.807) is 0 Å². The Balaban J connectivity index is 1.63. The normalized spacial score (nSPS) is 21.4. The van der Waals surface area contributed by atoms with Gasteiger partial charge in [-0.15, -0.1) is 0 Å². The Morgan fingerprint density at radius 3 is 2.45 bits per heavy atom. The molecule has 0 aromatic carbocycles. The van der Waals surface area contributed by atoms with E-state index in [9.17, 15) is 0 Å². The van der Waals surface area contributed by atoms with Gasteiger partial charge in [0.25, 0.3) is 0 Å². The van der Waals surface area contributed by atoms with Gasteiger partial charge in [0.05, 0.1) is 5.75 Å². The third-order valence-corrected chi connectivity index (χ3v) is 6.10. The van der Waals surface area contributed by atoms with Crippen molar-refractivity contribution >= 4 is 23.4 Å². The van der Waals surface area contributed by atoms with Gasteiger partial charge in [0, 0.05) is 16.9 Å². The third kappa shape index (κ3) is 3.88. The first kappa shape index (κ1) is 14.6. The van der Waals surface area contributed by atoms with Crippen LogP contribution in [0.3, 0.4) is 0 Å². The first-order chi connectivity index (χ1) is 9.81. The highest BCUT2D eigenvalue weighted by atomic mass is 35.5. The molecule has 2 aliphatic carbocycles. The zero-order chi connectivity index (χ0) is 13.8. The first-order valence-corrected chi connectivity index (χ1v) is 9.39. The fraction of sp³-hybridized carbons (Fsp3) is 0.750. The summed E-state index contributed by atoms with van der Waals surface area (Å²) in [7, 11) is 0. The molecule has 0 unspecified atom stereocenters. The van der Waals surface area contributed by atoms with Gasteiger partial charge in [-0.25, -0.2) is 9.97 Å². The molecule has 1 aromatic rings. The maximum Gasteiger partial charge on any atom is 0.140 e. The van der Waals surface area contributed by atoms with Crippen LogP contribution in [0.2, 0.25) is 5.15 Å². The Morgan fingerprint density at radius 2 is 1.70 bits per heavy atom. The van der Waals surface area contributed by atoms with Crippen LogP contribution in [0.15, 0.2) is 6.07 Å². The number of aromatic nitrogens is 2. The molecule has 0 atom stereocenters. The topological polar surface area (TPSA) is 25.8 Å². The van der Waals surface area contributed by atoms with Crippen LogP contribution < -0.4 is 0 Å². The smallest absolute Gasteiger partial charge is 0.140 e. The lowest BCUT2D eigenvalue weighted by Gasteiger charge is -2.20. The SMILES string of the molecule is Clc1cc(C2CCCC2)nc(CSC2CCCCC2)n1. The summed E-state index contributed by atoms with van der Waals surface area (Å²) in [5.41, 5.74) is 1.18. The predicted molar refractivity (Wildman–Crippen MR) is 86.4 cm³/mol. The van der Waals surface area contributed by atoms with Crippen molar-refractivity contribution in [2.45, 2.75) is 74.7 Å². The van der Waals surface area contributed by atoms with Crippen molar-refractivity contribution < 1.29 is 0 Å². The third-order valence-electron chi connectivity index (χ3n) is 4.53. The summed E-state index contributed by atoms with van der Waals surface area (Å²) in [6.07, 6.45) is 12.1. The Morgan fingerprint density at radius 1 is 1.00 bits per heavy atom. The molecule has 1 aromatic heterocycles. The number of hydrogen-bond donors (Lipinski definition) is 0. The van der Waals surface area contributed by atoms with Gasteiger partial charge in [0.2, 0.25) is 0 Å². The van der Waals surface area contributed by atoms with E-state index in [0.717, 1.165) is 16.8 Å². The number of thioether (sulfide) groups is 1. The van der Waals surface area contributed by atoms with Gasteiger partial charge >= 0.3 is 0 Å². The summed E-state index contributed by atoms with van der Waals surface area (Å²) in [4.78, 5) is 9.21. The van der Waals surface area contributed by atoms with E-state index in [1.807, 2.05) is 17.8 Å². The molecule has 2 aliphatic rings. The van der Waals surface area contributed by atoms with E-state index < -0.39 is 0 Å². The van der Waals surface area contributed by atoms with E-state index in [2.05, 4.69) is 4.98 Å². The first-order valence-electron chi connectivity index (χ1n) is 7.96. The van der Waals surface area contributed by atoms with Crippen molar-refractivity contribution in [1.29, 1.82) is 0 Å². The largest absolute Gasteiger partial charge is 0.237 e. The van der Waals surface area contributed by atoms with Crippen molar-refractivity contribution in [3.63, 3.8) is 0 Å². The molecular weight excluding hydrogens is 288 g/mol. The monoisotopic (exact) mass is 310 g/mol. The quantitative estimate of drug-likeness (QED) is 0.701. The average molecular weight is 311 g/mol. The lowest BCUT2D eigenvalue weighted by molar-refractivity contribution is 0.516. The van der Waals surface area contributed by atoms with Crippen LogP contribution in [0.1, 0.15) is 75.2 Å². The van der Waals surface area contributed by atoms with Gasteiger partial charge in [-0.3, -0.25) is 0 Å². The van der Waals surface area contributed by atoms with Crippen LogP contribution in [0.5, 0.6) is 0 Å². The zero-order valence-corrected chi connectivity index (χ0v) is 13.6. The molecule has 2 saturated carbocycles. The molecule has 2 fully saturated rings. The molecular formula is C16H23ClN2S. The van der Waals surface area contributed by atoms with Crippen LogP contribution in [0, 0.1) is 0 Å². The minimum atomic E-state index is 0.619. The highest BCUT2D eigenvalue weighted by Crippen LogP contribution is 2.34. The molecule has 0 spiro atoms. The molecule has 0 saturated heterocycles. The van der Waals surface area contributed by atoms with Gasteiger partial charge in [-0.05, 0) is 31.7 Å². The molecule has 3 rings (SSSR count). The standard InChI is InChI=1S/C16H23ClN2S/c17-15-10-14(12-6-4-5-7-12)18-16(19-15)11-20-13-8-2-1-3-9-13/h10,12-13H,1-9,11H2. The van der Waals surface area contributed by atoms with Crippen LogP contribution >= 0.6 is 23.4 Å². The Bertz CT molecular complexity index is 440. The molecule has 0 amide bonds. The van der Waals surface area contributed by atoms with Crippen molar-refractivity contribution in [1.82, 2.24) is 9.97 Å². The summed E-state index contributed by atoms with van der Waals surface area (Å²) >= 11 is 8.22. The van der Waals surface area contributed by atoms with Gasteiger partial charge in [0.15, 0.2) is 0 Å². The lowest BCUT2D eigenvalue weighted by Crippen LogP contribution is -2.09. The fourth-order valence-electron chi connectivity index (χ4n) is 3.40. The molecule has 0 radical (unpaired) electrons. The van der Waals surface area contributed by atoms with E-state index >= 15 is 0 Å². The Hall–Kier alpha value is -0.280. The molecule has 20 heavy (non-hydrogen) atoms. The second-order valence-corrected chi connectivity index (χ2v) is 7.76. The zero-order valence-electron chi connectivity index (χ0n) is 12.0. The minimum absolute atomic E-state index is 0.619. The van der Waals surface area contributed by atoms with Gasteiger partial charge in [-0.1, -0.05) is 43.7 Å². The number of hydrogen-bond acceptors (Lipinski definition) is 3. The summed E-state index contributed by atoms with van der Waals surface area (Å²) in [6.45, 7) is 0. The van der Waals surface area contributed by atoms with E-state index in [0.29, 0.717) is 11.1 Å². The Labute approximate surface area is 131 Å². The van der Waals surface area contributed by atoms with Crippen molar-refractivity contribution in [2.24, 2.45) is 0 Å². The number of nitrogens with zero attached hydrogens (tertiary/aromatic N) is 2. The van der Waals surface area contributed by atoms with E-state index in [1.165, 1.54) is 63.5 Å². The van der Waals surface area contributed by atoms with Gasteiger partial charge in [0.1, 0.15) is 11.0 Å². The molecule has 0 aliphatic heterocycles. The fourth-order valence-corrected chi connectivity index (χ4v) is 4.79. The second kappa shape index (κ2) is 7.13. The molecule has 0 N–H and O–H groups in total. The summed E-state index contributed by atoms with van der Waals surface area (Å²) < 4.78 is 0. The van der Waals surface area contributed by atoms with Gasteiger partial charge in [-0.2, -0.15) is 11.8 Å². The van der Waals surface area contributed by atoms with Crippen LogP contribution in [-0.2, 0) is 5.75 Å².